The number of aromatic amines is 1. The maximum Gasteiger partial charge on any atom is 0.339 e. The molecule has 0 aromatic carbocycles. The van der Waals surface area contributed by atoms with Crippen molar-refractivity contribution in [2.45, 2.75) is 20.8 Å². The van der Waals surface area contributed by atoms with Gasteiger partial charge in [0.05, 0.1) is 12.7 Å². The minimum absolute atomic E-state index is 0.233. The van der Waals surface area contributed by atoms with Crippen molar-refractivity contribution in [3.63, 3.8) is 0 Å². The molecule has 0 aliphatic carbocycles. The molecule has 0 fully saturated rings. The zero-order valence-electron chi connectivity index (χ0n) is 11.1. The molecule has 18 heavy (non-hydrogen) atoms. The van der Waals surface area contributed by atoms with Crippen LogP contribution in [0.15, 0.2) is 12.2 Å². The molecule has 0 saturated carbocycles. The highest BCUT2D eigenvalue weighted by Crippen LogP contribution is 2.18. The lowest BCUT2D eigenvalue weighted by atomic mass is 10.1. The molecule has 0 bridgehead atoms. The lowest BCUT2D eigenvalue weighted by molar-refractivity contribution is 0.0599. The van der Waals surface area contributed by atoms with Gasteiger partial charge in [-0.2, -0.15) is 0 Å². The Kier molecular flexibility index (Phi) is 4.71. The summed E-state index contributed by atoms with van der Waals surface area (Å²) >= 11 is 0. The van der Waals surface area contributed by atoms with Gasteiger partial charge >= 0.3 is 5.97 Å². The number of amides is 1. The van der Waals surface area contributed by atoms with E-state index in [2.05, 4.69) is 15.0 Å². The fraction of sp³-hybridized carbons (Fsp3) is 0.385. The third-order valence-corrected chi connectivity index (χ3v) is 2.67. The minimum atomic E-state index is -0.436. The van der Waals surface area contributed by atoms with Crippen LogP contribution >= 0.6 is 0 Å². The van der Waals surface area contributed by atoms with Crippen LogP contribution < -0.4 is 5.32 Å². The number of methoxy groups -OCH3 is 1. The van der Waals surface area contributed by atoms with Crippen molar-refractivity contribution in [3.05, 3.63) is 34.7 Å². The summed E-state index contributed by atoms with van der Waals surface area (Å²) in [5.74, 6) is -0.669. The van der Waals surface area contributed by atoms with Crippen molar-refractivity contribution in [3.8, 4) is 0 Å². The van der Waals surface area contributed by atoms with E-state index in [0.29, 0.717) is 29.1 Å². The van der Waals surface area contributed by atoms with Crippen LogP contribution in [0.25, 0.3) is 0 Å². The quantitative estimate of drug-likeness (QED) is 0.631. The summed E-state index contributed by atoms with van der Waals surface area (Å²) in [7, 11) is 1.32. The maximum absolute atomic E-state index is 11.9. The van der Waals surface area contributed by atoms with Gasteiger partial charge < -0.3 is 15.0 Å². The number of aryl methyl sites for hydroxylation is 1. The topological polar surface area (TPSA) is 71.2 Å². The Morgan fingerprint density at radius 3 is 2.61 bits per heavy atom. The predicted octanol–water partition coefficient (Wildman–Crippen LogP) is 1.72. The molecule has 1 amide bonds. The number of H-pyrrole nitrogens is 1. The van der Waals surface area contributed by atoms with Gasteiger partial charge in [-0.25, -0.2) is 4.79 Å². The molecule has 0 aliphatic heterocycles. The molecular formula is C13H18N2O3. The smallest absolute Gasteiger partial charge is 0.339 e. The van der Waals surface area contributed by atoms with Gasteiger partial charge in [-0.05, 0) is 26.3 Å². The van der Waals surface area contributed by atoms with E-state index < -0.39 is 5.97 Å². The van der Waals surface area contributed by atoms with Crippen molar-refractivity contribution in [1.82, 2.24) is 10.3 Å². The fourth-order valence-corrected chi connectivity index (χ4v) is 1.74. The first-order valence-electron chi connectivity index (χ1n) is 5.69. The number of hydrogen-bond acceptors (Lipinski definition) is 3. The average Bonchev–Trinajstić information content (AvgIpc) is 2.64. The SMILES string of the molecule is C/C=C/CNC(=O)c1[nH]c(C)c(C(=O)OC)c1C. The zero-order chi connectivity index (χ0) is 13.7. The number of esters is 1. The number of nitrogens with one attached hydrogen (secondary N) is 2. The highest BCUT2D eigenvalue weighted by Gasteiger charge is 2.21. The van der Waals surface area contributed by atoms with Gasteiger partial charge in [-0.3, -0.25) is 4.79 Å². The fourth-order valence-electron chi connectivity index (χ4n) is 1.74. The van der Waals surface area contributed by atoms with E-state index >= 15 is 0 Å². The van der Waals surface area contributed by atoms with Crippen LogP contribution in [0.2, 0.25) is 0 Å². The summed E-state index contributed by atoms with van der Waals surface area (Å²) in [5.41, 5.74) is 2.07. The second-order valence-corrected chi connectivity index (χ2v) is 3.90. The molecule has 0 aliphatic rings. The third kappa shape index (κ3) is 2.80. The van der Waals surface area contributed by atoms with E-state index in [4.69, 9.17) is 0 Å². The summed E-state index contributed by atoms with van der Waals surface area (Å²) in [6.45, 7) is 5.80. The van der Waals surface area contributed by atoms with Crippen LogP contribution in [0.1, 0.15) is 39.0 Å². The number of aromatic nitrogens is 1. The van der Waals surface area contributed by atoms with E-state index in [1.807, 2.05) is 19.1 Å². The number of ether oxygens (including phenoxy) is 1. The Hall–Kier alpha value is -2.04. The number of hydrogen-bond donors (Lipinski definition) is 2. The second-order valence-electron chi connectivity index (χ2n) is 3.90. The largest absolute Gasteiger partial charge is 0.465 e. The molecule has 2 N–H and O–H groups in total. The molecule has 0 radical (unpaired) electrons. The van der Waals surface area contributed by atoms with Gasteiger partial charge in [-0.15, -0.1) is 0 Å². The molecule has 1 heterocycles. The van der Waals surface area contributed by atoms with E-state index in [-0.39, 0.29) is 5.91 Å². The van der Waals surface area contributed by atoms with Gasteiger partial charge in [0.2, 0.25) is 0 Å². The first-order chi connectivity index (χ1) is 8.52. The van der Waals surface area contributed by atoms with Gasteiger partial charge in [0, 0.05) is 12.2 Å². The van der Waals surface area contributed by atoms with Crippen molar-refractivity contribution in [1.29, 1.82) is 0 Å². The Balaban J connectivity index is 2.98. The second kappa shape index (κ2) is 6.05. The van der Waals surface area contributed by atoms with Crippen molar-refractivity contribution in [2.75, 3.05) is 13.7 Å². The predicted molar refractivity (Wildman–Crippen MR) is 68.8 cm³/mol. The van der Waals surface area contributed by atoms with Crippen molar-refractivity contribution < 1.29 is 14.3 Å². The Bertz CT molecular complexity index is 487. The summed E-state index contributed by atoms with van der Waals surface area (Å²) < 4.78 is 4.69. The molecule has 1 aromatic heterocycles. The van der Waals surface area contributed by atoms with Crippen molar-refractivity contribution >= 4 is 11.9 Å². The van der Waals surface area contributed by atoms with Crippen molar-refractivity contribution in [2.24, 2.45) is 0 Å². The highest BCUT2D eigenvalue weighted by molar-refractivity contribution is 6.00. The van der Waals surface area contributed by atoms with Crippen LogP contribution in [0.4, 0.5) is 0 Å². The highest BCUT2D eigenvalue weighted by atomic mass is 16.5. The van der Waals surface area contributed by atoms with E-state index in [0.717, 1.165) is 0 Å². The molecule has 0 saturated heterocycles. The van der Waals surface area contributed by atoms with Crippen LogP contribution in [0.5, 0.6) is 0 Å². The number of allylic oxidation sites excluding steroid dienone is 1. The Morgan fingerprint density at radius 1 is 1.39 bits per heavy atom. The summed E-state index contributed by atoms with van der Waals surface area (Å²) in [6, 6.07) is 0. The summed E-state index contributed by atoms with van der Waals surface area (Å²) in [5, 5.41) is 2.73. The Morgan fingerprint density at radius 2 is 2.06 bits per heavy atom. The summed E-state index contributed by atoms with van der Waals surface area (Å²) in [6.07, 6.45) is 3.69. The van der Waals surface area contributed by atoms with E-state index in [9.17, 15) is 9.59 Å². The lowest BCUT2D eigenvalue weighted by Gasteiger charge is -2.02. The molecule has 5 nitrogen and oxygen atoms in total. The zero-order valence-corrected chi connectivity index (χ0v) is 11.1. The molecule has 0 spiro atoms. The molecule has 0 unspecified atom stereocenters. The molecule has 1 aromatic rings. The lowest BCUT2D eigenvalue weighted by Crippen LogP contribution is -2.24. The van der Waals surface area contributed by atoms with Gasteiger partial charge in [0.1, 0.15) is 5.69 Å². The normalized spacial score (nSPS) is 10.7. The average molecular weight is 250 g/mol. The minimum Gasteiger partial charge on any atom is -0.465 e. The van der Waals surface area contributed by atoms with Gasteiger partial charge in [0.25, 0.3) is 5.91 Å². The van der Waals surface area contributed by atoms with Crippen LogP contribution in [-0.4, -0.2) is 30.5 Å². The molecule has 98 valence electrons. The van der Waals surface area contributed by atoms with Gasteiger partial charge in [0.15, 0.2) is 0 Å². The Labute approximate surface area is 106 Å². The standard InChI is InChI=1S/C13H18N2O3/c1-5-6-7-14-12(16)11-8(2)10(9(3)15-11)13(17)18-4/h5-6,15H,7H2,1-4H3,(H,14,16)/b6-5+. The number of carbonyl (C=O) groups excluding carboxylic acids is 2. The third-order valence-electron chi connectivity index (χ3n) is 2.67. The van der Waals surface area contributed by atoms with Crippen LogP contribution in [0.3, 0.4) is 0 Å². The van der Waals surface area contributed by atoms with Gasteiger partial charge in [-0.1, -0.05) is 12.2 Å². The maximum atomic E-state index is 11.9. The van der Waals surface area contributed by atoms with Crippen LogP contribution in [-0.2, 0) is 4.74 Å². The number of rotatable bonds is 4. The van der Waals surface area contributed by atoms with Crippen LogP contribution in [0, 0.1) is 13.8 Å². The van der Waals surface area contributed by atoms with E-state index in [1.165, 1.54) is 7.11 Å². The van der Waals surface area contributed by atoms with E-state index in [1.54, 1.807) is 13.8 Å². The first kappa shape index (κ1) is 14.0. The monoisotopic (exact) mass is 250 g/mol. The molecular weight excluding hydrogens is 232 g/mol. The molecule has 5 heteroatoms. The summed E-state index contributed by atoms with van der Waals surface area (Å²) in [4.78, 5) is 26.4. The first-order valence-corrected chi connectivity index (χ1v) is 5.69. The molecule has 0 atom stereocenters. The number of carbonyl (C=O) groups is 2. The molecule has 1 rings (SSSR count).